The number of anilines is 2. The number of amides is 4. The van der Waals surface area contributed by atoms with E-state index in [-0.39, 0.29) is 30.7 Å². The monoisotopic (exact) mass is 518 g/mol. The summed E-state index contributed by atoms with van der Waals surface area (Å²) in [7, 11) is 0. The lowest BCUT2D eigenvalue weighted by molar-refractivity contribution is -0.137. The molecule has 0 saturated carbocycles. The standard InChI is InChI=1S/C21H19IN4O4/c22-15-3-1-2-4-16(15)24-19(28)10-23-13-5-6-14-12(9-13)11-26(21(14)30)17-7-8-18(27)25-20(17)29/h1-6,9,17,23H,7-8,10-11H2,(H,24,28)(H,25,27,29). The number of carbonyl (C=O) groups excluding carboxylic acids is 4. The van der Waals surface area contributed by atoms with Crippen LogP contribution in [0, 0.1) is 3.57 Å². The highest BCUT2D eigenvalue weighted by Crippen LogP contribution is 2.29. The highest BCUT2D eigenvalue weighted by Gasteiger charge is 2.39. The van der Waals surface area contributed by atoms with E-state index in [0.717, 1.165) is 14.8 Å². The summed E-state index contributed by atoms with van der Waals surface area (Å²) in [5.74, 6) is -1.14. The summed E-state index contributed by atoms with van der Waals surface area (Å²) in [5, 5.41) is 8.22. The second-order valence-corrected chi connectivity index (χ2v) is 8.32. The Morgan fingerprint density at radius 1 is 1.17 bits per heavy atom. The molecule has 2 aromatic rings. The maximum Gasteiger partial charge on any atom is 0.255 e. The van der Waals surface area contributed by atoms with E-state index in [1.54, 1.807) is 12.1 Å². The normalized spacial score (nSPS) is 18.1. The van der Waals surface area contributed by atoms with Crippen LogP contribution in [-0.2, 0) is 20.9 Å². The maximum absolute atomic E-state index is 12.7. The number of nitrogens with zero attached hydrogens (tertiary/aromatic N) is 1. The smallest absolute Gasteiger partial charge is 0.255 e. The first kappa shape index (κ1) is 20.3. The third-order valence-corrected chi connectivity index (χ3v) is 6.07. The van der Waals surface area contributed by atoms with Crippen molar-refractivity contribution >= 4 is 57.6 Å². The van der Waals surface area contributed by atoms with Crippen molar-refractivity contribution < 1.29 is 19.2 Å². The van der Waals surface area contributed by atoms with Gasteiger partial charge in [-0.05, 0) is 64.9 Å². The molecular weight excluding hydrogens is 499 g/mol. The van der Waals surface area contributed by atoms with E-state index in [2.05, 4.69) is 38.5 Å². The van der Waals surface area contributed by atoms with Gasteiger partial charge in [0.1, 0.15) is 6.04 Å². The number of fused-ring (bicyclic) bond motifs is 1. The predicted octanol–water partition coefficient (Wildman–Crippen LogP) is 2.10. The van der Waals surface area contributed by atoms with Crippen LogP contribution in [0.2, 0.25) is 0 Å². The van der Waals surface area contributed by atoms with Crippen LogP contribution in [0.5, 0.6) is 0 Å². The molecule has 0 spiro atoms. The Labute approximate surface area is 186 Å². The van der Waals surface area contributed by atoms with Gasteiger partial charge in [0.15, 0.2) is 0 Å². The summed E-state index contributed by atoms with van der Waals surface area (Å²) >= 11 is 2.16. The fourth-order valence-electron chi connectivity index (χ4n) is 3.62. The molecule has 8 nitrogen and oxygen atoms in total. The summed E-state index contributed by atoms with van der Waals surface area (Å²) in [6.45, 7) is 0.374. The molecular formula is C21H19IN4O4. The molecule has 1 fully saturated rings. The van der Waals surface area contributed by atoms with Crippen molar-refractivity contribution in [3.05, 3.63) is 57.2 Å². The lowest BCUT2D eigenvalue weighted by Gasteiger charge is -2.29. The molecule has 3 N–H and O–H groups in total. The van der Waals surface area contributed by atoms with Crippen LogP contribution in [0.4, 0.5) is 11.4 Å². The second kappa shape index (κ2) is 8.42. The molecule has 0 aliphatic carbocycles. The summed E-state index contributed by atoms with van der Waals surface area (Å²) in [6, 6.07) is 12.1. The minimum absolute atomic E-state index is 0.0779. The van der Waals surface area contributed by atoms with Crippen LogP contribution in [0.1, 0.15) is 28.8 Å². The number of para-hydroxylation sites is 1. The molecule has 1 unspecified atom stereocenters. The van der Waals surface area contributed by atoms with Gasteiger partial charge in [0, 0.05) is 27.8 Å². The summed E-state index contributed by atoms with van der Waals surface area (Å²) in [6.07, 6.45) is 0.548. The number of benzene rings is 2. The van der Waals surface area contributed by atoms with Crippen molar-refractivity contribution in [1.82, 2.24) is 10.2 Å². The largest absolute Gasteiger partial charge is 0.376 e. The number of rotatable bonds is 5. The van der Waals surface area contributed by atoms with Gasteiger partial charge in [0.05, 0.1) is 12.2 Å². The Kier molecular flexibility index (Phi) is 5.71. The molecule has 2 aliphatic heterocycles. The van der Waals surface area contributed by atoms with Crippen molar-refractivity contribution in [2.75, 3.05) is 17.2 Å². The first-order chi connectivity index (χ1) is 14.4. The Morgan fingerprint density at radius 3 is 2.73 bits per heavy atom. The number of imide groups is 1. The fourth-order valence-corrected chi connectivity index (χ4v) is 4.15. The van der Waals surface area contributed by atoms with Gasteiger partial charge in [0.25, 0.3) is 5.91 Å². The van der Waals surface area contributed by atoms with Crippen molar-refractivity contribution in [2.45, 2.75) is 25.4 Å². The molecule has 1 saturated heterocycles. The van der Waals surface area contributed by atoms with Gasteiger partial charge in [-0.15, -0.1) is 0 Å². The van der Waals surface area contributed by atoms with Gasteiger partial charge in [-0.1, -0.05) is 12.1 Å². The van der Waals surface area contributed by atoms with E-state index < -0.39 is 11.9 Å². The lowest BCUT2D eigenvalue weighted by atomic mass is 10.0. The zero-order chi connectivity index (χ0) is 21.3. The third-order valence-electron chi connectivity index (χ3n) is 5.12. The molecule has 30 heavy (non-hydrogen) atoms. The Morgan fingerprint density at radius 2 is 1.97 bits per heavy atom. The second-order valence-electron chi connectivity index (χ2n) is 7.15. The van der Waals surface area contributed by atoms with E-state index in [0.29, 0.717) is 24.2 Å². The van der Waals surface area contributed by atoms with Crippen LogP contribution in [0.15, 0.2) is 42.5 Å². The summed E-state index contributed by atoms with van der Waals surface area (Å²) in [5.41, 5.74) is 2.79. The van der Waals surface area contributed by atoms with E-state index in [1.165, 1.54) is 4.90 Å². The quantitative estimate of drug-likeness (QED) is 0.415. The fraction of sp³-hybridized carbons (Fsp3) is 0.238. The minimum atomic E-state index is -0.641. The van der Waals surface area contributed by atoms with Crippen LogP contribution in [0.25, 0.3) is 0 Å². The van der Waals surface area contributed by atoms with Gasteiger partial charge in [-0.2, -0.15) is 0 Å². The van der Waals surface area contributed by atoms with Crippen LogP contribution in [0.3, 0.4) is 0 Å². The minimum Gasteiger partial charge on any atom is -0.376 e. The molecule has 2 heterocycles. The van der Waals surface area contributed by atoms with Gasteiger partial charge < -0.3 is 15.5 Å². The topological polar surface area (TPSA) is 108 Å². The molecule has 2 aromatic carbocycles. The van der Waals surface area contributed by atoms with E-state index in [1.807, 2.05) is 30.3 Å². The van der Waals surface area contributed by atoms with E-state index in [9.17, 15) is 19.2 Å². The van der Waals surface area contributed by atoms with Crippen LogP contribution >= 0.6 is 22.6 Å². The van der Waals surface area contributed by atoms with Gasteiger partial charge >= 0.3 is 0 Å². The molecule has 0 radical (unpaired) electrons. The van der Waals surface area contributed by atoms with Gasteiger partial charge in [-0.25, -0.2) is 0 Å². The molecule has 4 amide bonds. The van der Waals surface area contributed by atoms with Crippen molar-refractivity contribution in [3.8, 4) is 0 Å². The SMILES string of the molecule is O=C1CCC(N2Cc3cc(NCC(=O)Nc4ccccc4I)ccc3C2=O)C(=O)N1. The molecule has 4 rings (SSSR count). The van der Waals surface area contributed by atoms with Crippen molar-refractivity contribution in [1.29, 1.82) is 0 Å². The van der Waals surface area contributed by atoms with E-state index in [4.69, 9.17) is 0 Å². The number of carbonyl (C=O) groups is 4. The average Bonchev–Trinajstić information content (AvgIpc) is 3.04. The van der Waals surface area contributed by atoms with Crippen molar-refractivity contribution in [3.63, 3.8) is 0 Å². The third kappa shape index (κ3) is 4.16. The zero-order valence-corrected chi connectivity index (χ0v) is 18.1. The average molecular weight is 518 g/mol. The highest BCUT2D eigenvalue weighted by molar-refractivity contribution is 14.1. The number of nitrogens with one attached hydrogen (secondary N) is 3. The number of halogens is 1. The molecule has 0 bridgehead atoms. The summed E-state index contributed by atoms with van der Waals surface area (Å²) in [4.78, 5) is 49.9. The lowest BCUT2D eigenvalue weighted by Crippen LogP contribution is -2.52. The molecule has 1 atom stereocenters. The Balaban J connectivity index is 1.39. The molecule has 9 heteroatoms. The molecule has 154 valence electrons. The van der Waals surface area contributed by atoms with Gasteiger partial charge in [0.2, 0.25) is 17.7 Å². The molecule has 0 aromatic heterocycles. The first-order valence-corrected chi connectivity index (χ1v) is 10.6. The van der Waals surface area contributed by atoms with Crippen LogP contribution in [-0.4, -0.2) is 41.1 Å². The van der Waals surface area contributed by atoms with Crippen LogP contribution < -0.4 is 16.0 Å². The molecule has 2 aliphatic rings. The van der Waals surface area contributed by atoms with Crippen molar-refractivity contribution in [2.24, 2.45) is 0 Å². The first-order valence-electron chi connectivity index (χ1n) is 9.48. The Bertz CT molecular complexity index is 1060. The predicted molar refractivity (Wildman–Crippen MR) is 119 cm³/mol. The number of hydrogen-bond donors (Lipinski definition) is 3. The van der Waals surface area contributed by atoms with Gasteiger partial charge in [-0.3, -0.25) is 24.5 Å². The number of hydrogen-bond acceptors (Lipinski definition) is 5. The highest BCUT2D eigenvalue weighted by atomic mass is 127. The number of piperidine rings is 1. The van der Waals surface area contributed by atoms with E-state index >= 15 is 0 Å². The summed E-state index contributed by atoms with van der Waals surface area (Å²) < 4.78 is 0.952. The Hall–Kier alpha value is -2.95. The maximum atomic E-state index is 12.7. The zero-order valence-electron chi connectivity index (χ0n) is 15.9.